The highest BCUT2D eigenvalue weighted by atomic mass is 16.5. The number of ether oxygens (including phenoxy) is 2. The molecule has 0 aliphatic heterocycles. The van der Waals surface area contributed by atoms with Crippen molar-refractivity contribution in [2.75, 3.05) is 19.8 Å². The topological polar surface area (TPSA) is 44.5 Å². The fourth-order valence-corrected chi connectivity index (χ4v) is 1.62. The van der Waals surface area contributed by atoms with Crippen molar-refractivity contribution in [2.45, 2.75) is 32.7 Å². The molecule has 0 saturated carbocycles. The van der Waals surface area contributed by atoms with Crippen molar-refractivity contribution in [1.82, 2.24) is 0 Å². The van der Waals surface area contributed by atoms with E-state index >= 15 is 0 Å². The lowest BCUT2D eigenvalue weighted by Gasteiger charge is -2.16. The largest absolute Gasteiger partial charge is 0.494 e. The second-order valence-electron chi connectivity index (χ2n) is 4.01. The summed E-state index contributed by atoms with van der Waals surface area (Å²) in [5.41, 5.74) is 7.12. The summed E-state index contributed by atoms with van der Waals surface area (Å²) in [6, 6.07) is 7.77. The van der Waals surface area contributed by atoms with Crippen LogP contribution >= 0.6 is 0 Å². The monoisotopic (exact) mass is 237 g/mol. The molecule has 0 heterocycles. The summed E-state index contributed by atoms with van der Waals surface area (Å²) in [7, 11) is 0. The second kappa shape index (κ2) is 8.09. The van der Waals surface area contributed by atoms with Gasteiger partial charge in [-0.1, -0.05) is 31.5 Å². The van der Waals surface area contributed by atoms with Gasteiger partial charge in [0, 0.05) is 12.2 Å². The Morgan fingerprint density at radius 1 is 1.24 bits per heavy atom. The molecule has 1 rings (SSSR count). The van der Waals surface area contributed by atoms with Crippen LogP contribution in [0.5, 0.6) is 5.75 Å². The number of unbranched alkanes of at least 4 members (excludes halogenated alkanes) is 1. The van der Waals surface area contributed by atoms with Crippen molar-refractivity contribution < 1.29 is 9.47 Å². The number of rotatable bonds is 8. The van der Waals surface area contributed by atoms with Crippen LogP contribution < -0.4 is 10.5 Å². The van der Waals surface area contributed by atoms with E-state index < -0.39 is 0 Å². The lowest BCUT2D eigenvalue weighted by molar-refractivity contribution is 0.117. The smallest absolute Gasteiger partial charge is 0.124 e. The van der Waals surface area contributed by atoms with Gasteiger partial charge in [0.05, 0.1) is 19.3 Å². The number of para-hydroxylation sites is 1. The van der Waals surface area contributed by atoms with E-state index in [0.29, 0.717) is 13.2 Å². The van der Waals surface area contributed by atoms with Crippen LogP contribution in [0.2, 0.25) is 0 Å². The lowest BCUT2D eigenvalue weighted by Crippen LogP contribution is -2.18. The Balaban J connectivity index is 2.52. The van der Waals surface area contributed by atoms with Gasteiger partial charge >= 0.3 is 0 Å². The minimum atomic E-state index is -0.116. The average molecular weight is 237 g/mol. The van der Waals surface area contributed by atoms with Crippen molar-refractivity contribution >= 4 is 0 Å². The van der Waals surface area contributed by atoms with Crippen molar-refractivity contribution in [1.29, 1.82) is 0 Å². The predicted molar refractivity (Wildman–Crippen MR) is 70.3 cm³/mol. The molecule has 0 fully saturated rings. The fourth-order valence-electron chi connectivity index (χ4n) is 1.62. The van der Waals surface area contributed by atoms with E-state index in [1.54, 1.807) is 0 Å². The highest BCUT2D eigenvalue weighted by Gasteiger charge is 2.11. The maximum Gasteiger partial charge on any atom is 0.124 e. The van der Waals surface area contributed by atoms with E-state index in [0.717, 1.165) is 30.8 Å². The van der Waals surface area contributed by atoms with Crippen LogP contribution in [0.25, 0.3) is 0 Å². The third kappa shape index (κ3) is 4.75. The normalized spacial score (nSPS) is 12.4. The first kappa shape index (κ1) is 14.0. The van der Waals surface area contributed by atoms with Crippen LogP contribution in [-0.2, 0) is 4.74 Å². The first-order valence-corrected chi connectivity index (χ1v) is 6.34. The highest BCUT2D eigenvalue weighted by Crippen LogP contribution is 2.23. The Morgan fingerprint density at radius 2 is 2.00 bits per heavy atom. The van der Waals surface area contributed by atoms with Gasteiger partial charge in [-0.3, -0.25) is 0 Å². The van der Waals surface area contributed by atoms with Crippen molar-refractivity contribution in [3.8, 4) is 5.75 Å². The van der Waals surface area contributed by atoms with Crippen LogP contribution in [0, 0.1) is 0 Å². The number of hydrogen-bond acceptors (Lipinski definition) is 3. The molecular weight excluding hydrogens is 214 g/mol. The molecule has 0 bridgehead atoms. The molecule has 3 heteroatoms. The van der Waals surface area contributed by atoms with Gasteiger partial charge < -0.3 is 15.2 Å². The number of hydrogen-bond donors (Lipinski definition) is 1. The Bertz CT molecular complexity index is 315. The van der Waals surface area contributed by atoms with E-state index in [-0.39, 0.29) is 6.04 Å². The molecule has 0 radical (unpaired) electrons. The van der Waals surface area contributed by atoms with Gasteiger partial charge in [0.25, 0.3) is 0 Å². The van der Waals surface area contributed by atoms with Gasteiger partial charge in [0.1, 0.15) is 5.75 Å². The summed E-state index contributed by atoms with van der Waals surface area (Å²) in [6.07, 6.45) is 2.23. The van der Waals surface area contributed by atoms with Crippen molar-refractivity contribution in [3.05, 3.63) is 29.8 Å². The minimum absolute atomic E-state index is 0.116. The van der Waals surface area contributed by atoms with Crippen LogP contribution in [0.3, 0.4) is 0 Å². The maximum atomic E-state index is 6.10. The molecular formula is C14H23NO2. The summed E-state index contributed by atoms with van der Waals surface area (Å²) in [4.78, 5) is 0. The fraction of sp³-hybridized carbons (Fsp3) is 0.571. The molecule has 1 atom stereocenters. The third-order valence-corrected chi connectivity index (χ3v) is 2.56. The molecule has 2 N–H and O–H groups in total. The first-order valence-electron chi connectivity index (χ1n) is 6.34. The van der Waals surface area contributed by atoms with Crippen molar-refractivity contribution in [2.24, 2.45) is 5.73 Å². The molecule has 0 aromatic heterocycles. The zero-order valence-electron chi connectivity index (χ0n) is 10.8. The summed E-state index contributed by atoms with van der Waals surface area (Å²) < 4.78 is 11.1. The molecule has 1 aromatic carbocycles. The predicted octanol–water partition coefficient (Wildman–Crippen LogP) is 2.90. The van der Waals surface area contributed by atoms with E-state index in [1.807, 2.05) is 31.2 Å². The summed E-state index contributed by atoms with van der Waals surface area (Å²) in [6.45, 7) is 6.10. The lowest BCUT2D eigenvalue weighted by atomic mass is 10.1. The highest BCUT2D eigenvalue weighted by molar-refractivity contribution is 5.35. The SMILES string of the molecule is CCCCOCC(N)c1ccccc1OCC. The molecule has 1 unspecified atom stereocenters. The van der Waals surface area contributed by atoms with Gasteiger partial charge in [0.15, 0.2) is 0 Å². The van der Waals surface area contributed by atoms with Crippen LogP contribution in [0.15, 0.2) is 24.3 Å². The standard InChI is InChI=1S/C14H23NO2/c1-3-5-10-16-11-13(15)12-8-6-7-9-14(12)17-4-2/h6-9,13H,3-5,10-11,15H2,1-2H3. The first-order chi connectivity index (χ1) is 8.29. The Hall–Kier alpha value is -1.06. The summed E-state index contributed by atoms with van der Waals surface area (Å²) in [5, 5.41) is 0. The summed E-state index contributed by atoms with van der Waals surface area (Å²) >= 11 is 0. The molecule has 0 spiro atoms. The molecule has 0 aliphatic carbocycles. The van der Waals surface area contributed by atoms with Crippen LogP contribution in [0.4, 0.5) is 0 Å². The van der Waals surface area contributed by atoms with E-state index in [1.165, 1.54) is 0 Å². The Labute approximate surface area is 104 Å². The molecule has 0 saturated heterocycles. The van der Waals surface area contributed by atoms with E-state index in [9.17, 15) is 0 Å². The molecule has 17 heavy (non-hydrogen) atoms. The van der Waals surface area contributed by atoms with Gasteiger partial charge in [-0.05, 0) is 19.4 Å². The molecule has 0 aliphatic rings. The van der Waals surface area contributed by atoms with Gasteiger partial charge in [-0.15, -0.1) is 0 Å². The minimum Gasteiger partial charge on any atom is -0.494 e. The zero-order chi connectivity index (χ0) is 12.5. The Kier molecular flexibility index (Phi) is 6.67. The van der Waals surface area contributed by atoms with Crippen molar-refractivity contribution in [3.63, 3.8) is 0 Å². The van der Waals surface area contributed by atoms with E-state index in [2.05, 4.69) is 6.92 Å². The van der Waals surface area contributed by atoms with Gasteiger partial charge in [0.2, 0.25) is 0 Å². The second-order valence-corrected chi connectivity index (χ2v) is 4.01. The number of benzene rings is 1. The average Bonchev–Trinajstić information content (AvgIpc) is 2.35. The van der Waals surface area contributed by atoms with E-state index in [4.69, 9.17) is 15.2 Å². The third-order valence-electron chi connectivity index (χ3n) is 2.56. The summed E-state index contributed by atoms with van der Waals surface area (Å²) in [5.74, 6) is 0.863. The number of nitrogens with two attached hydrogens (primary N) is 1. The van der Waals surface area contributed by atoms with Crippen LogP contribution in [0.1, 0.15) is 38.3 Å². The molecule has 0 amide bonds. The maximum absolute atomic E-state index is 6.10. The van der Waals surface area contributed by atoms with Crippen LogP contribution in [-0.4, -0.2) is 19.8 Å². The quantitative estimate of drug-likeness (QED) is 0.707. The molecule has 96 valence electrons. The molecule has 3 nitrogen and oxygen atoms in total. The van der Waals surface area contributed by atoms with Gasteiger partial charge in [-0.25, -0.2) is 0 Å². The molecule has 1 aromatic rings. The van der Waals surface area contributed by atoms with Gasteiger partial charge in [-0.2, -0.15) is 0 Å². The Morgan fingerprint density at radius 3 is 2.71 bits per heavy atom. The zero-order valence-corrected chi connectivity index (χ0v) is 10.8.